The van der Waals surface area contributed by atoms with Crippen molar-refractivity contribution >= 4 is 17.5 Å². The van der Waals surface area contributed by atoms with Gasteiger partial charge in [0.05, 0.1) is 6.54 Å². The van der Waals surface area contributed by atoms with Gasteiger partial charge in [-0.05, 0) is 43.7 Å². The number of carbonyl (C=O) groups excluding carboxylic acids is 2. The van der Waals surface area contributed by atoms with Gasteiger partial charge in [0, 0.05) is 35.5 Å². The van der Waals surface area contributed by atoms with Crippen molar-refractivity contribution < 1.29 is 14.0 Å². The number of hydrogen-bond donors (Lipinski definition) is 1. The summed E-state index contributed by atoms with van der Waals surface area (Å²) in [5, 5.41) is 2.93. The molecule has 5 nitrogen and oxygen atoms in total. The molecular weight excluding hydrogens is 369 g/mol. The molecule has 148 valence electrons. The standard InChI is InChI=1S/C23H22FN3O2/c1-13-5-4-6-16(11-13)22(28)26-21-20(15-7-9-17(24)10-8-15)19-14(2)25-12-18(19)27(3)23(21)29/h4-11,20-21H,12H2,1-3H3,(H,26,28)/t20-,21-/m0/s1. The average molecular weight is 391 g/mol. The van der Waals surface area contributed by atoms with E-state index in [1.165, 1.54) is 12.1 Å². The summed E-state index contributed by atoms with van der Waals surface area (Å²) in [4.78, 5) is 32.2. The van der Waals surface area contributed by atoms with Gasteiger partial charge in [0.2, 0.25) is 5.91 Å². The van der Waals surface area contributed by atoms with Crippen molar-refractivity contribution in [3.8, 4) is 0 Å². The summed E-state index contributed by atoms with van der Waals surface area (Å²) in [5.41, 5.74) is 4.82. The molecular formula is C23H22FN3O2. The Morgan fingerprint density at radius 3 is 2.59 bits per heavy atom. The smallest absolute Gasteiger partial charge is 0.251 e. The predicted molar refractivity (Wildman–Crippen MR) is 109 cm³/mol. The highest BCUT2D eigenvalue weighted by Gasteiger charge is 2.44. The minimum atomic E-state index is -0.805. The maximum absolute atomic E-state index is 13.5. The van der Waals surface area contributed by atoms with E-state index in [0.717, 1.165) is 28.1 Å². The van der Waals surface area contributed by atoms with E-state index in [-0.39, 0.29) is 17.6 Å². The van der Waals surface area contributed by atoms with Crippen LogP contribution in [0.2, 0.25) is 0 Å². The van der Waals surface area contributed by atoms with Gasteiger partial charge in [0.15, 0.2) is 0 Å². The molecule has 0 saturated carbocycles. The fourth-order valence-corrected chi connectivity index (χ4v) is 4.10. The van der Waals surface area contributed by atoms with Gasteiger partial charge in [-0.1, -0.05) is 29.8 Å². The number of nitrogens with zero attached hydrogens (tertiary/aromatic N) is 2. The van der Waals surface area contributed by atoms with Gasteiger partial charge in [-0.15, -0.1) is 0 Å². The number of benzene rings is 2. The molecule has 0 aliphatic carbocycles. The van der Waals surface area contributed by atoms with Gasteiger partial charge in [0.1, 0.15) is 11.9 Å². The lowest BCUT2D eigenvalue weighted by Gasteiger charge is -2.38. The second-order valence-corrected chi connectivity index (χ2v) is 7.51. The number of amides is 2. The van der Waals surface area contributed by atoms with Gasteiger partial charge in [-0.2, -0.15) is 0 Å². The summed E-state index contributed by atoms with van der Waals surface area (Å²) in [5.74, 6) is -1.29. The van der Waals surface area contributed by atoms with E-state index in [9.17, 15) is 14.0 Å². The highest BCUT2D eigenvalue weighted by molar-refractivity contribution is 6.07. The van der Waals surface area contributed by atoms with Gasteiger partial charge in [0.25, 0.3) is 5.91 Å². The van der Waals surface area contributed by atoms with Crippen molar-refractivity contribution in [1.82, 2.24) is 10.2 Å². The Hall–Kier alpha value is -3.28. The van der Waals surface area contributed by atoms with Crippen molar-refractivity contribution in [3.05, 3.63) is 82.3 Å². The molecule has 29 heavy (non-hydrogen) atoms. The molecule has 0 radical (unpaired) electrons. The van der Waals surface area contributed by atoms with Gasteiger partial charge in [-0.25, -0.2) is 4.39 Å². The molecule has 2 aromatic rings. The molecule has 2 atom stereocenters. The first-order valence-electron chi connectivity index (χ1n) is 9.52. The van der Waals surface area contributed by atoms with Crippen LogP contribution >= 0.6 is 0 Å². The van der Waals surface area contributed by atoms with Crippen molar-refractivity contribution in [2.75, 3.05) is 13.6 Å². The van der Waals surface area contributed by atoms with Crippen LogP contribution in [0.15, 0.2) is 64.8 Å². The molecule has 2 aromatic carbocycles. The Balaban J connectivity index is 1.77. The van der Waals surface area contributed by atoms with E-state index >= 15 is 0 Å². The van der Waals surface area contributed by atoms with Crippen molar-refractivity contribution in [3.63, 3.8) is 0 Å². The third kappa shape index (κ3) is 3.35. The maximum Gasteiger partial charge on any atom is 0.251 e. The van der Waals surface area contributed by atoms with Crippen LogP contribution in [0.3, 0.4) is 0 Å². The summed E-state index contributed by atoms with van der Waals surface area (Å²) in [7, 11) is 1.71. The molecule has 0 aromatic heterocycles. The zero-order chi connectivity index (χ0) is 20.7. The Bertz CT molecular complexity index is 1060. The van der Waals surface area contributed by atoms with Gasteiger partial charge < -0.3 is 10.2 Å². The van der Waals surface area contributed by atoms with E-state index in [1.54, 1.807) is 36.2 Å². The lowest BCUT2D eigenvalue weighted by molar-refractivity contribution is -0.131. The lowest BCUT2D eigenvalue weighted by Crippen LogP contribution is -2.54. The second-order valence-electron chi connectivity index (χ2n) is 7.51. The average Bonchev–Trinajstić information content (AvgIpc) is 3.08. The largest absolute Gasteiger partial charge is 0.339 e. The van der Waals surface area contributed by atoms with Crippen LogP contribution < -0.4 is 5.32 Å². The minimum Gasteiger partial charge on any atom is -0.339 e. The topological polar surface area (TPSA) is 61.8 Å². The van der Waals surface area contributed by atoms with Crippen LogP contribution in [0.25, 0.3) is 0 Å². The normalized spacial score (nSPS) is 21.2. The first-order valence-corrected chi connectivity index (χ1v) is 9.52. The summed E-state index contributed by atoms with van der Waals surface area (Å²) < 4.78 is 13.5. The number of halogens is 1. The highest BCUT2D eigenvalue weighted by atomic mass is 19.1. The van der Waals surface area contributed by atoms with Gasteiger partial charge >= 0.3 is 0 Å². The summed E-state index contributed by atoms with van der Waals surface area (Å²) >= 11 is 0. The maximum atomic E-state index is 13.5. The van der Waals surface area contributed by atoms with Crippen LogP contribution in [-0.2, 0) is 4.79 Å². The quantitative estimate of drug-likeness (QED) is 0.873. The van der Waals surface area contributed by atoms with E-state index in [0.29, 0.717) is 12.1 Å². The summed E-state index contributed by atoms with van der Waals surface area (Å²) in [6.07, 6.45) is 0. The fraction of sp³-hybridized carbons (Fsp3) is 0.261. The van der Waals surface area contributed by atoms with E-state index in [4.69, 9.17) is 0 Å². The molecule has 0 unspecified atom stereocenters. The first-order chi connectivity index (χ1) is 13.9. The monoisotopic (exact) mass is 391 g/mol. The zero-order valence-electron chi connectivity index (χ0n) is 16.6. The number of hydrogen-bond acceptors (Lipinski definition) is 3. The number of nitrogens with one attached hydrogen (secondary N) is 1. The van der Waals surface area contributed by atoms with Crippen LogP contribution in [0.1, 0.15) is 34.3 Å². The molecule has 2 aliphatic rings. The van der Waals surface area contributed by atoms with Crippen LogP contribution in [0, 0.1) is 12.7 Å². The van der Waals surface area contributed by atoms with Crippen molar-refractivity contribution in [2.45, 2.75) is 25.8 Å². The molecule has 1 N–H and O–H groups in total. The third-order valence-electron chi connectivity index (χ3n) is 5.61. The van der Waals surface area contributed by atoms with Crippen molar-refractivity contribution in [2.24, 2.45) is 4.99 Å². The van der Waals surface area contributed by atoms with Gasteiger partial charge in [-0.3, -0.25) is 14.6 Å². The van der Waals surface area contributed by atoms with Crippen LogP contribution in [-0.4, -0.2) is 42.1 Å². The molecule has 2 amide bonds. The highest BCUT2D eigenvalue weighted by Crippen LogP contribution is 2.39. The van der Waals surface area contributed by atoms with Crippen molar-refractivity contribution in [1.29, 1.82) is 0 Å². The van der Waals surface area contributed by atoms with Crippen LogP contribution in [0.5, 0.6) is 0 Å². The van der Waals surface area contributed by atoms with E-state index < -0.39 is 12.0 Å². The minimum absolute atomic E-state index is 0.205. The fourth-order valence-electron chi connectivity index (χ4n) is 4.10. The molecule has 4 rings (SSSR count). The number of rotatable bonds is 3. The lowest BCUT2D eigenvalue weighted by atomic mass is 9.79. The molecule has 2 heterocycles. The molecule has 0 saturated heterocycles. The zero-order valence-corrected chi connectivity index (χ0v) is 16.6. The molecule has 0 bridgehead atoms. The molecule has 0 fully saturated rings. The predicted octanol–water partition coefficient (Wildman–Crippen LogP) is 3.22. The first kappa shape index (κ1) is 19.1. The number of likely N-dealkylation sites (N-methyl/N-ethyl adjacent to an activating group) is 1. The Labute approximate surface area is 168 Å². The third-order valence-corrected chi connectivity index (χ3v) is 5.61. The summed E-state index contributed by atoms with van der Waals surface area (Å²) in [6, 6.07) is 12.5. The Morgan fingerprint density at radius 2 is 1.90 bits per heavy atom. The second kappa shape index (κ2) is 7.28. The molecule has 0 spiro atoms. The Morgan fingerprint density at radius 1 is 1.17 bits per heavy atom. The van der Waals surface area contributed by atoms with E-state index in [2.05, 4.69) is 10.3 Å². The molecule has 6 heteroatoms. The number of aliphatic imine (C=N–C) groups is 1. The van der Waals surface area contributed by atoms with Crippen LogP contribution in [0.4, 0.5) is 4.39 Å². The summed E-state index contributed by atoms with van der Waals surface area (Å²) in [6.45, 7) is 4.24. The Kier molecular flexibility index (Phi) is 4.78. The molecule has 2 aliphatic heterocycles. The number of aryl methyl sites for hydroxylation is 1. The van der Waals surface area contributed by atoms with E-state index in [1.807, 2.05) is 26.0 Å². The number of carbonyl (C=O) groups is 2. The SMILES string of the molecule is CC1=NCC2=C1[C@H](c1ccc(F)cc1)[C@H](NC(=O)c1cccc(C)c1)C(=O)N2C.